The molecule has 3 rings (SSSR count). The Morgan fingerprint density at radius 1 is 1.20 bits per heavy atom. The van der Waals surface area contributed by atoms with Crippen LogP contribution >= 0.6 is 0 Å². The Kier molecular flexibility index (Phi) is 3.06. The number of hydrogen-bond acceptors (Lipinski definition) is 4. The van der Waals surface area contributed by atoms with Gasteiger partial charge in [-0.25, -0.2) is 4.79 Å². The SMILES string of the molecule is COc1ccc(CC2OC(=O)c3c(O)cccc32)cc1. The lowest BCUT2D eigenvalue weighted by atomic mass is 9.99. The first-order valence-corrected chi connectivity index (χ1v) is 6.35. The van der Waals surface area contributed by atoms with Crippen LogP contribution < -0.4 is 4.74 Å². The summed E-state index contributed by atoms with van der Waals surface area (Å²) in [7, 11) is 1.62. The van der Waals surface area contributed by atoms with Crippen molar-refractivity contribution < 1.29 is 19.4 Å². The number of cyclic esters (lactones) is 1. The summed E-state index contributed by atoms with van der Waals surface area (Å²) < 4.78 is 10.5. The van der Waals surface area contributed by atoms with E-state index >= 15 is 0 Å². The van der Waals surface area contributed by atoms with Gasteiger partial charge in [-0.15, -0.1) is 0 Å². The third-order valence-electron chi connectivity index (χ3n) is 3.46. The van der Waals surface area contributed by atoms with Crippen molar-refractivity contribution in [3.63, 3.8) is 0 Å². The van der Waals surface area contributed by atoms with Crippen LogP contribution in [0.3, 0.4) is 0 Å². The van der Waals surface area contributed by atoms with Crippen LogP contribution in [0.15, 0.2) is 42.5 Å². The molecule has 0 aromatic heterocycles. The normalized spacial score (nSPS) is 16.6. The second-order valence-corrected chi connectivity index (χ2v) is 4.69. The van der Waals surface area contributed by atoms with Gasteiger partial charge >= 0.3 is 5.97 Å². The minimum absolute atomic E-state index is 0.0234. The number of rotatable bonds is 3. The van der Waals surface area contributed by atoms with Crippen LogP contribution in [0.2, 0.25) is 0 Å². The number of ether oxygens (including phenoxy) is 2. The van der Waals surface area contributed by atoms with Gasteiger partial charge in [-0.1, -0.05) is 24.3 Å². The van der Waals surface area contributed by atoms with Crippen molar-refractivity contribution in [3.05, 3.63) is 59.2 Å². The molecule has 0 radical (unpaired) electrons. The van der Waals surface area contributed by atoms with Gasteiger partial charge in [0.15, 0.2) is 0 Å². The van der Waals surface area contributed by atoms with Gasteiger partial charge in [-0.05, 0) is 23.8 Å². The van der Waals surface area contributed by atoms with Crippen molar-refractivity contribution >= 4 is 5.97 Å². The average Bonchev–Trinajstić information content (AvgIpc) is 2.77. The molecule has 4 heteroatoms. The molecule has 0 amide bonds. The first-order valence-electron chi connectivity index (χ1n) is 6.35. The van der Waals surface area contributed by atoms with Crippen molar-refractivity contribution in [1.82, 2.24) is 0 Å². The predicted octanol–water partition coefficient (Wildman–Crippen LogP) is 2.86. The van der Waals surface area contributed by atoms with Crippen molar-refractivity contribution in [3.8, 4) is 11.5 Å². The molecule has 0 spiro atoms. The summed E-state index contributed by atoms with van der Waals surface area (Å²) >= 11 is 0. The number of phenolic OH excluding ortho intramolecular Hbond substituents is 1. The van der Waals surface area contributed by atoms with Crippen LogP contribution in [-0.2, 0) is 11.2 Å². The van der Waals surface area contributed by atoms with Crippen molar-refractivity contribution in [1.29, 1.82) is 0 Å². The molecule has 0 saturated heterocycles. The van der Waals surface area contributed by atoms with Crippen LogP contribution in [0, 0.1) is 0 Å². The number of carbonyl (C=O) groups excluding carboxylic acids is 1. The molecule has 102 valence electrons. The number of phenols is 1. The van der Waals surface area contributed by atoms with Crippen LogP contribution in [0.5, 0.6) is 11.5 Å². The Morgan fingerprint density at radius 2 is 1.95 bits per heavy atom. The molecular formula is C16H14O4. The quantitative estimate of drug-likeness (QED) is 0.871. The van der Waals surface area contributed by atoms with Crippen molar-refractivity contribution in [2.75, 3.05) is 7.11 Å². The summed E-state index contributed by atoms with van der Waals surface area (Å²) in [6, 6.07) is 12.6. The Hall–Kier alpha value is -2.49. The van der Waals surface area contributed by atoms with E-state index in [1.54, 1.807) is 13.2 Å². The average molecular weight is 270 g/mol. The van der Waals surface area contributed by atoms with Gasteiger partial charge in [0.1, 0.15) is 23.2 Å². The molecule has 1 unspecified atom stereocenters. The predicted molar refractivity (Wildman–Crippen MR) is 73.0 cm³/mol. The Balaban J connectivity index is 1.86. The summed E-state index contributed by atoms with van der Waals surface area (Å²) in [6.45, 7) is 0. The van der Waals surface area contributed by atoms with E-state index in [1.165, 1.54) is 6.07 Å². The second kappa shape index (κ2) is 4.89. The summed E-state index contributed by atoms with van der Waals surface area (Å²) in [6.07, 6.45) is 0.227. The lowest BCUT2D eigenvalue weighted by Crippen LogP contribution is -2.02. The fourth-order valence-corrected chi connectivity index (χ4v) is 2.43. The molecule has 0 fully saturated rings. The minimum atomic E-state index is -0.461. The van der Waals surface area contributed by atoms with Gasteiger partial charge in [0.25, 0.3) is 0 Å². The fraction of sp³-hybridized carbons (Fsp3) is 0.188. The van der Waals surface area contributed by atoms with Crippen LogP contribution in [-0.4, -0.2) is 18.2 Å². The van der Waals surface area contributed by atoms with Crippen LogP contribution in [0.4, 0.5) is 0 Å². The number of hydrogen-bond donors (Lipinski definition) is 1. The number of methoxy groups -OCH3 is 1. The zero-order valence-electron chi connectivity index (χ0n) is 11.0. The Morgan fingerprint density at radius 3 is 2.65 bits per heavy atom. The largest absolute Gasteiger partial charge is 0.507 e. The molecule has 2 aromatic rings. The van der Waals surface area contributed by atoms with Crippen LogP contribution in [0.1, 0.15) is 27.6 Å². The number of carbonyl (C=O) groups is 1. The van der Waals surface area contributed by atoms with E-state index in [0.717, 1.165) is 16.9 Å². The minimum Gasteiger partial charge on any atom is -0.507 e. The molecule has 1 atom stereocenters. The third-order valence-corrected chi connectivity index (χ3v) is 3.46. The Labute approximate surface area is 116 Å². The standard InChI is InChI=1S/C16H14O4/c1-19-11-7-5-10(6-8-11)9-14-12-3-2-4-13(17)15(12)16(18)20-14/h2-8,14,17H,9H2,1H3. The number of benzene rings is 2. The monoisotopic (exact) mass is 270 g/mol. The smallest absolute Gasteiger partial charge is 0.342 e. The van der Waals surface area contributed by atoms with Crippen molar-refractivity contribution in [2.45, 2.75) is 12.5 Å². The van der Waals surface area contributed by atoms with Gasteiger partial charge in [-0.2, -0.15) is 0 Å². The van der Waals surface area contributed by atoms with E-state index < -0.39 is 5.97 Å². The molecular weight excluding hydrogens is 256 g/mol. The summed E-state index contributed by atoms with van der Waals surface area (Å²) in [4.78, 5) is 11.8. The van der Waals surface area contributed by atoms with Gasteiger partial charge in [0, 0.05) is 12.0 Å². The Bertz CT molecular complexity index is 646. The lowest BCUT2D eigenvalue weighted by molar-refractivity contribution is 0.0385. The van der Waals surface area contributed by atoms with Crippen LogP contribution in [0.25, 0.3) is 0 Å². The molecule has 2 aromatic carbocycles. The lowest BCUT2D eigenvalue weighted by Gasteiger charge is -2.11. The highest BCUT2D eigenvalue weighted by Gasteiger charge is 2.33. The zero-order valence-corrected chi connectivity index (χ0v) is 11.0. The molecule has 1 aliphatic rings. The highest BCUT2D eigenvalue weighted by Crippen LogP contribution is 2.37. The van der Waals surface area contributed by atoms with Gasteiger partial charge in [0.05, 0.1) is 7.11 Å². The topological polar surface area (TPSA) is 55.8 Å². The molecule has 1 N–H and O–H groups in total. The first-order chi connectivity index (χ1) is 9.69. The molecule has 4 nitrogen and oxygen atoms in total. The molecule has 20 heavy (non-hydrogen) atoms. The molecule has 1 heterocycles. The number of esters is 1. The summed E-state index contributed by atoms with van der Waals surface area (Å²) in [5, 5.41) is 9.74. The van der Waals surface area contributed by atoms with Gasteiger partial charge < -0.3 is 14.6 Å². The van der Waals surface area contributed by atoms with E-state index in [9.17, 15) is 9.90 Å². The maximum absolute atomic E-state index is 11.8. The summed E-state index contributed by atoms with van der Waals surface area (Å²) in [5.41, 5.74) is 2.07. The van der Waals surface area contributed by atoms with E-state index in [-0.39, 0.29) is 17.4 Å². The number of fused-ring (bicyclic) bond motifs is 1. The highest BCUT2D eigenvalue weighted by molar-refractivity contribution is 5.96. The molecule has 0 aliphatic carbocycles. The van der Waals surface area contributed by atoms with E-state index in [2.05, 4.69) is 0 Å². The van der Waals surface area contributed by atoms with E-state index in [1.807, 2.05) is 30.3 Å². The fourth-order valence-electron chi connectivity index (χ4n) is 2.43. The zero-order chi connectivity index (χ0) is 14.1. The third kappa shape index (κ3) is 2.09. The van der Waals surface area contributed by atoms with E-state index in [0.29, 0.717) is 6.42 Å². The first kappa shape index (κ1) is 12.5. The summed E-state index contributed by atoms with van der Waals surface area (Å²) in [5.74, 6) is 0.302. The second-order valence-electron chi connectivity index (χ2n) is 4.69. The van der Waals surface area contributed by atoms with Gasteiger partial charge in [0.2, 0.25) is 0 Å². The molecule has 0 bridgehead atoms. The molecule has 1 aliphatic heterocycles. The molecule has 0 saturated carbocycles. The maximum Gasteiger partial charge on any atom is 0.342 e. The number of aromatic hydroxyl groups is 1. The van der Waals surface area contributed by atoms with E-state index in [4.69, 9.17) is 9.47 Å². The highest BCUT2D eigenvalue weighted by atomic mass is 16.5. The van der Waals surface area contributed by atoms with Gasteiger partial charge in [-0.3, -0.25) is 0 Å². The van der Waals surface area contributed by atoms with Crippen molar-refractivity contribution in [2.24, 2.45) is 0 Å². The maximum atomic E-state index is 11.8.